The molecular weight excluding hydrogens is 274 g/mol. The zero-order valence-corrected chi connectivity index (χ0v) is 10.1. The van der Waals surface area contributed by atoms with E-state index < -0.39 is 54.2 Å². The topological polar surface area (TPSA) is 170 Å². The van der Waals surface area contributed by atoms with Crippen molar-refractivity contribution in [3.8, 4) is 0 Å². The molecule has 4 aliphatic heterocycles. The van der Waals surface area contributed by atoms with Crippen LogP contribution in [-0.4, -0.2) is 79.8 Å². The van der Waals surface area contributed by atoms with Gasteiger partial charge in [0.2, 0.25) is 0 Å². The molecule has 5 rings (SSSR count). The van der Waals surface area contributed by atoms with Crippen molar-refractivity contribution in [1.82, 2.24) is 5.32 Å². The summed E-state index contributed by atoms with van der Waals surface area (Å²) in [6.45, 7) is 0. The Labute approximate surface area is 112 Å². The maximum absolute atomic E-state index is 10.4. The fraction of sp³-hybridized carbons (Fsp3) is 0.900. The summed E-state index contributed by atoms with van der Waals surface area (Å²) in [5, 5.41) is 53.7. The highest BCUT2D eigenvalue weighted by Gasteiger charge is 2.79. The van der Waals surface area contributed by atoms with Gasteiger partial charge in [-0.05, 0) is 0 Å². The number of ether oxygens (including phenoxy) is 2. The van der Waals surface area contributed by atoms with Gasteiger partial charge in [0, 0.05) is 0 Å². The summed E-state index contributed by atoms with van der Waals surface area (Å²) >= 11 is 0. The van der Waals surface area contributed by atoms with Crippen LogP contribution in [0.4, 0.5) is 0 Å². The lowest BCUT2D eigenvalue weighted by Gasteiger charge is -2.68. The molecule has 9 atom stereocenters. The molecule has 0 aromatic carbocycles. The highest BCUT2D eigenvalue weighted by Crippen LogP contribution is 2.55. The molecule has 1 aliphatic carbocycles. The van der Waals surface area contributed by atoms with Crippen LogP contribution in [0.15, 0.2) is 4.99 Å². The highest BCUT2D eigenvalue weighted by molar-refractivity contribution is 5.80. The standard InChI is InChI=1S/C10H15N3O7/c11-8-12-6(16)1-3-2(14)4-5(15)9(1,13-8)7(17)10(18,19-3)20-4/h1-7,14-18H,(H3,11,12,13)/t1-,2+,3+,4+,5-,6-,7-,9-,10-/m1/s1. The number of guanidine groups is 1. The Morgan fingerprint density at radius 1 is 1.15 bits per heavy atom. The van der Waals surface area contributed by atoms with Gasteiger partial charge in [0.25, 0.3) is 0 Å². The SMILES string of the molecule is NC1=N[C@H](O)[C@H]2[C@@H]3O[C@@]4(O)O[C@@H]([C@H]3O)[C@@H](O)[C@@]2(N1)[C@H]4O. The number of aliphatic imine (C=N–C) groups is 1. The molecule has 10 heteroatoms. The van der Waals surface area contributed by atoms with Crippen molar-refractivity contribution < 1.29 is 35.0 Å². The minimum absolute atomic E-state index is 0.188. The van der Waals surface area contributed by atoms with E-state index in [4.69, 9.17) is 15.2 Å². The molecule has 112 valence electrons. The van der Waals surface area contributed by atoms with Crippen molar-refractivity contribution >= 4 is 5.96 Å². The van der Waals surface area contributed by atoms with Crippen LogP contribution < -0.4 is 11.1 Å². The maximum atomic E-state index is 10.4. The summed E-state index contributed by atoms with van der Waals surface area (Å²) in [5.41, 5.74) is 3.95. The number of aliphatic hydroxyl groups is 5. The minimum Gasteiger partial charge on any atom is -0.388 e. The monoisotopic (exact) mass is 289 g/mol. The molecular formula is C10H15N3O7. The van der Waals surface area contributed by atoms with Crippen LogP contribution >= 0.6 is 0 Å². The molecule has 8 N–H and O–H groups in total. The summed E-state index contributed by atoms with van der Waals surface area (Å²) in [4.78, 5) is 3.71. The Balaban J connectivity index is 1.92. The third-order valence-corrected chi connectivity index (χ3v) is 4.72. The first kappa shape index (κ1) is 12.7. The molecule has 0 amide bonds. The van der Waals surface area contributed by atoms with Gasteiger partial charge in [-0.2, -0.15) is 0 Å². The zero-order chi connectivity index (χ0) is 14.4. The number of nitrogens with one attached hydrogen (secondary N) is 1. The zero-order valence-electron chi connectivity index (χ0n) is 10.1. The van der Waals surface area contributed by atoms with Crippen molar-refractivity contribution in [2.75, 3.05) is 0 Å². The van der Waals surface area contributed by atoms with E-state index in [0.717, 1.165) is 0 Å². The van der Waals surface area contributed by atoms with Crippen molar-refractivity contribution in [2.24, 2.45) is 16.6 Å². The van der Waals surface area contributed by atoms with Crippen LogP contribution in [0.1, 0.15) is 0 Å². The van der Waals surface area contributed by atoms with Gasteiger partial charge < -0.3 is 46.1 Å². The quantitative estimate of drug-likeness (QED) is 0.231. The Morgan fingerprint density at radius 3 is 2.50 bits per heavy atom. The third-order valence-electron chi connectivity index (χ3n) is 4.72. The number of nitrogens with zero attached hydrogens (tertiary/aromatic N) is 1. The summed E-state index contributed by atoms with van der Waals surface area (Å²) in [6, 6.07) is 0. The first-order valence-corrected chi connectivity index (χ1v) is 6.23. The number of hydrogen-bond donors (Lipinski definition) is 7. The van der Waals surface area contributed by atoms with Gasteiger partial charge in [-0.25, -0.2) is 4.99 Å². The van der Waals surface area contributed by atoms with Crippen LogP contribution in [0.25, 0.3) is 0 Å². The van der Waals surface area contributed by atoms with Crippen molar-refractivity contribution in [3.05, 3.63) is 0 Å². The molecule has 20 heavy (non-hydrogen) atoms. The molecule has 3 saturated heterocycles. The average molecular weight is 289 g/mol. The largest absolute Gasteiger partial charge is 0.388 e. The number of nitrogens with two attached hydrogens (primary N) is 1. The second kappa shape index (κ2) is 3.42. The lowest BCUT2D eigenvalue weighted by Crippen LogP contribution is -2.92. The molecule has 0 unspecified atom stereocenters. The van der Waals surface area contributed by atoms with Gasteiger partial charge in [-0.3, -0.25) is 0 Å². The van der Waals surface area contributed by atoms with E-state index in [2.05, 4.69) is 10.3 Å². The van der Waals surface area contributed by atoms with E-state index in [1.165, 1.54) is 0 Å². The Morgan fingerprint density at radius 2 is 1.80 bits per heavy atom. The van der Waals surface area contributed by atoms with Crippen LogP contribution in [0.2, 0.25) is 0 Å². The maximum Gasteiger partial charge on any atom is 0.311 e. The van der Waals surface area contributed by atoms with E-state index in [0.29, 0.717) is 0 Å². The van der Waals surface area contributed by atoms with Gasteiger partial charge in [-0.15, -0.1) is 0 Å². The van der Waals surface area contributed by atoms with Crippen molar-refractivity contribution in [3.63, 3.8) is 0 Å². The predicted molar refractivity (Wildman–Crippen MR) is 59.7 cm³/mol. The van der Waals surface area contributed by atoms with E-state index in [9.17, 15) is 25.5 Å². The van der Waals surface area contributed by atoms with Gasteiger partial charge >= 0.3 is 5.97 Å². The first-order valence-electron chi connectivity index (χ1n) is 6.23. The van der Waals surface area contributed by atoms with Crippen LogP contribution in [0.5, 0.6) is 0 Å². The fourth-order valence-corrected chi connectivity index (χ4v) is 3.92. The molecule has 4 heterocycles. The fourth-order valence-electron chi connectivity index (χ4n) is 3.92. The second-order valence-corrected chi connectivity index (χ2v) is 5.65. The van der Waals surface area contributed by atoms with Crippen LogP contribution in [0, 0.1) is 5.92 Å². The Bertz CT molecular complexity index is 503. The normalized spacial score (nSPS) is 63.6. The minimum atomic E-state index is -2.38. The van der Waals surface area contributed by atoms with E-state index >= 15 is 0 Å². The smallest absolute Gasteiger partial charge is 0.311 e. The molecule has 0 aromatic rings. The summed E-state index contributed by atoms with van der Waals surface area (Å²) in [6.07, 6.45) is -8.06. The van der Waals surface area contributed by atoms with Crippen molar-refractivity contribution in [1.29, 1.82) is 0 Å². The number of rotatable bonds is 0. The average Bonchev–Trinajstić information content (AvgIpc) is 2.36. The predicted octanol–water partition coefficient (Wildman–Crippen LogP) is -4.88. The molecule has 4 bridgehead atoms. The summed E-state index contributed by atoms with van der Waals surface area (Å²) < 4.78 is 10.2. The van der Waals surface area contributed by atoms with Gasteiger partial charge in [0.15, 0.2) is 18.3 Å². The van der Waals surface area contributed by atoms with E-state index in [1.54, 1.807) is 0 Å². The highest BCUT2D eigenvalue weighted by atomic mass is 16.9. The molecule has 5 aliphatic rings. The van der Waals surface area contributed by atoms with Crippen LogP contribution in [-0.2, 0) is 9.47 Å². The number of hydrogen-bond acceptors (Lipinski definition) is 10. The Hall–Kier alpha value is -1.01. The molecule has 1 saturated carbocycles. The molecule has 0 aromatic heterocycles. The second-order valence-electron chi connectivity index (χ2n) is 5.65. The van der Waals surface area contributed by atoms with E-state index in [1.807, 2.05) is 0 Å². The van der Waals surface area contributed by atoms with Gasteiger partial charge in [0.1, 0.15) is 30.0 Å². The Kier molecular flexibility index (Phi) is 2.17. The molecule has 10 nitrogen and oxygen atoms in total. The van der Waals surface area contributed by atoms with Crippen molar-refractivity contribution in [2.45, 2.75) is 48.3 Å². The van der Waals surface area contributed by atoms with Gasteiger partial charge in [-0.1, -0.05) is 0 Å². The van der Waals surface area contributed by atoms with Crippen LogP contribution in [0.3, 0.4) is 0 Å². The molecule has 0 radical (unpaired) electrons. The summed E-state index contributed by atoms with van der Waals surface area (Å²) in [7, 11) is 0. The molecule has 4 fully saturated rings. The summed E-state index contributed by atoms with van der Waals surface area (Å²) in [5.74, 6) is -3.56. The molecule has 1 spiro atoms. The lowest BCUT2D eigenvalue weighted by atomic mass is 9.59. The van der Waals surface area contributed by atoms with E-state index in [-0.39, 0.29) is 5.96 Å². The third kappa shape index (κ3) is 1.13. The first-order chi connectivity index (χ1) is 9.31. The van der Waals surface area contributed by atoms with Gasteiger partial charge in [0.05, 0.1) is 5.92 Å². The lowest BCUT2D eigenvalue weighted by molar-refractivity contribution is -0.532. The number of aliphatic hydroxyl groups excluding tert-OH is 4.